The second-order valence-electron chi connectivity index (χ2n) is 6.35. The molecule has 102 valence electrons. The monoisotopic (exact) mass is 258 g/mol. The molecule has 3 fully saturated rings. The molecule has 19 heavy (non-hydrogen) atoms. The van der Waals surface area contributed by atoms with Crippen LogP contribution in [-0.2, 0) is 16.6 Å². The Hall–Kier alpha value is -1.15. The molecule has 0 radical (unpaired) electrons. The molecule has 0 aromatic heterocycles. The van der Waals surface area contributed by atoms with Crippen molar-refractivity contribution in [3.8, 4) is 0 Å². The molecule has 0 aliphatic heterocycles. The molecule has 0 spiro atoms. The molecule has 1 N–H and O–H groups in total. The van der Waals surface area contributed by atoms with Gasteiger partial charge in [0.1, 0.15) is 5.78 Å². The molecule has 0 unspecified atom stereocenters. The van der Waals surface area contributed by atoms with Crippen molar-refractivity contribution in [1.82, 2.24) is 0 Å². The number of hydrogen-bond donors (Lipinski definition) is 1. The lowest BCUT2D eigenvalue weighted by Crippen LogP contribution is -2.54. The van der Waals surface area contributed by atoms with Crippen molar-refractivity contribution >= 4 is 5.78 Å². The molecule has 3 aliphatic carbocycles. The Morgan fingerprint density at radius 2 is 1.74 bits per heavy atom. The van der Waals surface area contributed by atoms with Gasteiger partial charge in [-0.05, 0) is 43.2 Å². The molecule has 0 saturated heterocycles. The molecule has 3 aliphatic rings. The molecule has 0 atom stereocenters. The normalized spacial score (nSPS) is 33.7. The summed E-state index contributed by atoms with van der Waals surface area (Å²) >= 11 is 0. The van der Waals surface area contributed by atoms with Crippen LogP contribution in [0.15, 0.2) is 24.3 Å². The Bertz CT molecular complexity index is 478. The van der Waals surface area contributed by atoms with E-state index in [0.29, 0.717) is 6.42 Å². The highest BCUT2D eigenvalue weighted by molar-refractivity contribution is 5.92. The molecule has 0 amide bonds. The highest BCUT2D eigenvalue weighted by atomic mass is 16.3. The lowest BCUT2D eigenvalue weighted by molar-refractivity contribution is -0.145. The molecule has 1 aromatic carbocycles. The first-order valence-corrected chi connectivity index (χ1v) is 7.43. The van der Waals surface area contributed by atoms with Crippen LogP contribution in [0.2, 0.25) is 0 Å². The lowest BCUT2D eigenvalue weighted by Gasteiger charge is -2.49. The second kappa shape index (κ2) is 4.45. The number of Topliss-reactive ketones (excluding diaryl/α,β-unsaturated/α-hetero) is 1. The van der Waals surface area contributed by atoms with Gasteiger partial charge in [-0.2, -0.15) is 0 Å². The Kier molecular flexibility index (Phi) is 3.01. The molecular formula is C17H22O2. The number of aryl methyl sites for hydroxylation is 1. The highest BCUT2D eigenvalue weighted by Gasteiger charge is 2.54. The number of ketones is 1. The first kappa shape index (κ1) is 12.9. The fourth-order valence-electron chi connectivity index (χ4n) is 3.79. The van der Waals surface area contributed by atoms with E-state index in [1.165, 1.54) is 11.1 Å². The smallest absolute Gasteiger partial charge is 0.146 e. The molecular weight excluding hydrogens is 236 g/mol. The molecule has 1 aromatic rings. The standard InChI is InChI=1S/C17H22O2/c1-2-3-13-4-6-14(7-5-13)17-10-8-16(19,9-11-17)12-15(17)18/h4-7,19H,2-3,8-12H2,1H3. The first-order chi connectivity index (χ1) is 9.08. The topological polar surface area (TPSA) is 37.3 Å². The van der Waals surface area contributed by atoms with Gasteiger partial charge in [-0.1, -0.05) is 37.6 Å². The third kappa shape index (κ3) is 2.02. The molecule has 2 nitrogen and oxygen atoms in total. The van der Waals surface area contributed by atoms with Gasteiger partial charge in [0.25, 0.3) is 0 Å². The van der Waals surface area contributed by atoms with Gasteiger partial charge in [0.2, 0.25) is 0 Å². The zero-order valence-corrected chi connectivity index (χ0v) is 11.6. The zero-order valence-electron chi connectivity index (χ0n) is 11.6. The molecule has 2 heteroatoms. The van der Waals surface area contributed by atoms with Gasteiger partial charge in [-0.15, -0.1) is 0 Å². The second-order valence-corrected chi connectivity index (χ2v) is 6.35. The van der Waals surface area contributed by atoms with Crippen molar-refractivity contribution in [2.45, 2.75) is 62.9 Å². The van der Waals surface area contributed by atoms with E-state index in [-0.39, 0.29) is 11.2 Å². The van der Waals surface area contributed by atoms with E-state index in [9.17, 15) is 9.90 Å². The Morgan fingerprint density at radius 3 is 2.26 bits per heavy atom. The zero-order chi connectivity index (χ0) is 13.5. The number of benzene rings is 1. The third-order valence-corrected chi connectivity index (χ3v) is 5.10. The summed E-state index contributed by atoms with van der Waals surface area (Å²) in [5.74, 6) is 0.246. The summed E-state index contributed by atoms with van der Waals surface area (Å²) < 4.78 is 0. The van der Waals surface area contributed by atoms with E-state index in [1.807, 2.05) is 0 Å². The van der Waals surface area contributed by atoms with Crippen molar-refractivity contribution in [2.24, 2.45) is 0 Å². The van der Waals surface area contributed by atoms with Crippen molar-refractivity contribution in [2.75, 3.05) is 0 Å². The maximum absolute atomic E-state index is 12.4. The van der Waals surface area contributed by atoms with Crippen molar-refractivity contribution in [3.05, 3.63) is 35.4 Å². The molecule has 0 heterocycles. The van der Waals surface area contributed by atoms with Gasteiger partial charge >= 0.3 is 0 Å². The summed E-state index contributed by atoms with van der Waals surface area (Å²) in [7, 11) is 0. The van der Waals surface area contributed by atoms with Crippen molar-refractivity contribution < 1.29 is 9.90 Å². The van der Waals surface area contributed by atoms with Crippen LogP contribution in [0.4, 0.5) is 0 Å². The van der Waals surface area contributed by atoms with Gasteiger partial charge in [-0.25, -0.2) is 0 Å². The lowest BCUT2D eigenvalue weighted by atomic mass is 9.55. The summed E-state index contributed by atoms with van der Waals surface area (Å²) in [5, 5.41) is 10.2. The Labute approximate surface area is 114 Å². The predicted molar refractivity (Wildman–Crippen MR) is 75.2 cm³/mol. The van der Waals surface area contributed by atoms with Crippen LogP contribution in [0.25, 0.3) is 0 Å². The van der Waals surface area contributed by atoms with Crippen LogP contribution in [0.1, 0.15) is 56.6 Å². The fraction of sp³-hybridized carbons (Fsp3) is 0.588. The van der Waals surface area contributed by atoms with E-state index >= 15 is 0 Å². The van der Waals surface area contributed by atoms with Crippen LogP contribution < -0.4 is 0 Å². The summed E-state index contributed by atoms with van der Waals surface area (Å²) in [4.78, 5) is 12.4. The highest BCUT2D eigenvalue weighted by Crippen LogP contribution is 2.51. The molecule has 3 saturated carbocycles. The van der Waals surface area contributed by atoms with Gasteiger partial charge < -0.3 is 5.11 Å². The van der Waals surface area contributed by atoms with E-state index < -0.39 is 5.60 Å². The molecule has 2 bridgehead atoms. The Balaban J connectivity index is 1.90. The van der Waals surface area contributed by atoms with E-state index in [1.54, 1.807) is 0 Å². The minimum atomic E-state index is -0.693. The van der Waals surface area contributed by atoms with Crippen LogP contribution in [0.5, 0.6) is 0 Å². The van der Waals surface area contributed by atoms with E-state index in [0.717, 1.165) is 38.5 Å². The van der Waals surface area contributed by atoms with Gasteiger partial charge in [0.15, 0.2) is 0 Å². The largest absolute Gasteiger partial charge is 0.389 e. The third-order valence-electron chi connectivity index (χ3n) is 5.10. The minimum absolute atomic E-state index is 0.246. The van der Waals surface area contributed by atoms with Crippen molar-refractivity contribution in [1.29, 1.82) is 0 Å². The number of hydrogen-bond acceptors (Lipinski definition) is 2. The number of fused-ring (bicyclic) bond motifs is 3. The Morgan fingerprint density at radius 1 is 1.11 bits per heavy atom. The fourth-order valence-corrected chi connectivity index (χ4v) is 3.79. The first-order valence-electron chi connectivity index (χ1n) is 7.43. The summed E-state index contributed by atoms with van der Waals surface area (Å²) in [5.41, 5.74) is 1.52. The van der Waals surface area contributed by atoms with Gasteiger partial charge in [0, 0.05) is 6.42 Å². The predicted octanol–water partition coefficient (Wildman–Crippen LogP) is 3.15. The van der Waals surface area contributed by atoms with Crippen LogP contribution in [-0.4, -0.2) is 16.5 Å². The van der Waals surface area contributed by atoms with Crippen LogP contribution in [0, 0.1) is 0 Å². The quantitative estimate of drug-likeness (QED) is 0.904. The average Bonchev–Trinajstić information content (AvgIpc) is 2.40. The number of rotatable bonds is 3. The number of carbonyl (C=O) groups is 1. The van der Waals surface area contributed by atoms with Gasteiger partial charge in [-0.3, -0.25) is 4.79 Å². The SMILES string of the molecule is CCCc1ccc(C23CCC(O)(CC2)CC3=O)cc1. The van der Waals surface area contributed by atoms with Crippen LogP contribution in [0.3, 0.4) is 0 Å². The average molecular weight is 258 g/mol. The maximum atomic E-state index is 12.4. The summed E-state index contributed by atoms with van der Waals surface area (Å²) in [6.07, 6.45) is 5.77. The van der Waals surface area contributed by atoms with E-state index in [4.69, 9.17) is 0 Å². The molecule has 4 rings (SSSR count). The summed E-state index contributed by atoms with van der Waals surface area (Å²) in [6, 6.07) is 8.60. The summed E-state index contributed by atoms with van der Waals surface area (Å²) in [6.45, 7) is 2.18. The van der Waals surface area contributed by atoms with Crippen LogP contribution >= 0.6 is 0 Å². The maximum Gasteiger partial charge on any atom is 0.146 e. The minimum Gasteiger partial charge on any atom is -0.389 e. The van der Waals surface area contributed by atoms with Crippen molar-refractivity contribution in [3.63, 3.8) is 0 Å². The van der Waals surface area contributed by atoms with Gasteiger partial charge in [0.05, 0.1) is 11.0 Å². The number of carbonyl (C=O) groups excluding carboxylic acids is 1. The number of aliphatic hydroxyl groups is 1. The van der Waals surface area contributed by atoms with E-state index in [2.05, 4.69) is 31.2 Å².